The first-order chi connectivity index (χ1) is 22.7. The summed E-state index contributed by atoms with van der Waals surface area (Å²) in [6.45, 7) is 1.31. The van der Waals surface area contributed by atoms with E-state index < -0.39 is 103 Å². The number of hydrogen-bond donors (Lipinski definition) is 7. The molecule has 0 radical (unpaired) electrons. The Morgan fingerprint density at radius 2 is 1.49 bits per heavy atom. The normalized spacial score (nSPS) is 12.7. The number of hydrogen-bond acceptors (Lipinski definition) is 14. The smallest absolute Gasteiger partial charge is 0.337 e. The fraction of sp³-hybridized carbons (Fsp3) is 0.0400. The summed E-state index contributed by atoms with van der Waals surface area (Å²) in [6.07, 6.45) is -1.25. The summed E-state index contributed by atoms with van der Waals surface area (Å²) in [5, 5.41) is 33.8. The Labute approximate surface area is 280 Å². The Morgan fingerprint density at radius 1 is 0.857 bits per heavy atom. The minimum absolute atomic E-state index is 0.0503. The van der Waals surface area contributed by atoms with Crippen molar-refractivity contribution in [1.82, 2.24) is 9.97 Å². The molecule has 1 heterocycles. The van der Waals surface area contributed by atoms with Crippen LogP contribution in [0.4, 0.5) is 27.3 Å². The molecule has 0 saturated carbocycles. The van der Waals surface area contributed by atoms with E-state index in [4.69, 9.17) is 11.6 Å². The van der Waals surface area contributed by atoms with E-state index in [0.717, 1.165) is 24.3 Å². The summed E-state index contributed by atoms with van der Waals surface area (Å²) >= 11 is 6.09. The zero-order chi connectivity index (χ0) is 36.5. The molecule has 3 aromatic carbocycles. The van der Waals surface area contributed by atoms with Gasteiger partial charge in [-0.1, -0.05) is 23.7 Å². The maximum absolute atomic E-state index is 13.9. The van der Waals surface area contributed by atoms with Crippen LogP contribution in [0.15, 0.2) is 84.6 Å². The minimum Gasteiger partial charge on any atom is -0.504 e. The third-order valence-electron chi connectivity index (χ3n) is 6.06. The lowest BCUT2D eigenvalue weighted by Gasteiger charge is -2.14. The Bertz CT molecular complexity index is 2410. The second kappa shape index (κ2) is 13.7. The van der Waals surface area contributed by atoms with Crippen LogP contribution in [0.25, 0.3) is 0 Å². The largest absolute Gasteiger partial charge is 0.504 e. The van der Waals surface area contributed by atoms with Gasteiger partial charge in [0.05, 0.1) is 26.7 Å². The highest BCUT2D eigenvalue weighted by atomic mass is 35.5. The quantitative estimate of drug-likeness (QED) is 0.0228. The Balaban J connectivity index is 1.93. The average Bonchev–Trinajstić information content (AvgIpc) is 2.99. The van der Waals surface area contributed by atoms with Gasteiger partial charge in [-0.25, -0.2) is 9.78 Å². The SMILES string of the molecule is Cc1nc(F)nc(Nc2cc(S(=O)(=O)O)cc(N/N=C(\N=Nc3cc(S(=O)(=O)O)ccc3C(=O)O)c3ccccc3S(=O)(=O)O)c2O)c1Cl. The number of hydrazone groups is 1. The van der Waals surface area contributed by atoms with Gasteiger partial charge < -0.3 is 15.5 Å². The molecule has 4 aromatic rings. The molecule has 0 saturated heterocycles. The molecule has 258 valence electrons. The van der Waals surface area contributed by atoms with Crippen molar-refractivity contribution in [2.24, 2.45) is 15.3 Å². The van der Waals surface area contributed by atoms with Crippen LogP contribution >= 0.6 is 11.6 Å². The van der Waals surface area contributed by atoms with E-state index in [1.807, 2.05) is 0 Å². The van der Waals surface area contributed by atoms with E-state index in [1.165, 1.54) is 19.1 Å². The highest BCUT2D eigenvalue weighted by Crippen LogP contribution is 2.38. The zero-order valence-corrected chi connectivity index (χ0v) is 27.2. The van der Waals surface area contributed by atoms with Crippen molar-refractivity contribution in [1.29, 1.82) is 0 Å². The zero-order valence-electron chi connectivity index (χ0n) is 24.0. The number of nitrogens with zero attached hydrogens (tertiary/aromatic N) is 5. The molecule has 0 atom stereocenters. The molecule has 1 aromatic heterocycles. The number of aromatic hydroxyl groups is 1. The number of phenolic OH excluding ortho intramolecular Hbond substituents is 1. The van der Waals surface area contributed by atoms with E-state index in [-0.39, 0.29) is 10.7 Å². The number of rotatable bonds is 10. The van der Waals surface area contributed by atoms with Crippen molar-refractivity contribution in [3.63, 3.8) is 0 Å². The van der Waals surface area contributed by atoms with Gasteiger partial charge in [0.25, 0.3) is 30.4 Å². The predicted molar refractivity (Wildman–Crippen MR) is 167 cm³/mol. The van der Waals surface area contributed by atoms with E-state index in [1.54, 1.807) is 0 Å². The highest BCUT2D eigenvalue weighted by Gasteiger charge is 2.23. The van der Waals surface area contributed by atoms with Crippen LogP contribution < -0.4 is 10.7 Å². The van der Waals surface area contributed by atoms with Crippen LogP contribution in [-0.2, 0) is 30.4 Å². The molecule has 0 fully saturated rings. The molecule has 0 aliphatic heterocycles. The fourth-order valence-corrected chi connectivity index (χ4v) is 5.69. The highest BCUT2D eigenvalue weighted by molar-refractivity contribution is 7.86. The number of halogens is 2. The summed E-state index contributed by atoms with van der Waals surface area (Å²) in [5.41, 5.74) is -0.937. The molecule has 4 rings (SSSR count). The monoisotopic (exact) mass is 759 g/mol. The van der Waals surface area contributed by atoms with Crippen molar-refractivity contribution >= 4 is 76.6 Å². The van der Waals surface area contributed by atoms with Crippen LogP contribution in [0.3, 0.4) is 0 Å². The van der Waals surface area contributed by atoms with Crippen molar-refractivity contribution in [2.45, 2.75) is 21.6 Å². The number of amidine groups is 1. The lowest BCUT2D eigenvalue weighted by Crippen LogP contribution is -2.10. The molecule has 19 nitrogen and oxygen atoms in total. The van der Waals surface area contributed by atoms with Crippen molar-refractivity contribution in [3.05, 3.63) is 82.5 Å². The van der Waals surface area contributed by atoms with Crippen molar-refractivity contribution in [2.75, 3.05) is 10.7 Å². The van der Waals surface area contributed by atoms with Gasteiger partial charge in [-0.05, 0) is 49.4 Å². The van der Waals surface area contributed by atoms with Gasteiger partial charge in [0, 0.05) is 5.56 Å². The summed E-state index contributed by atoms with van der Waals surface area (Å²) in [5.74, 6) is -3.76. The van der Waals surface area contributed by atoms with Crippen molar-refractivity contribution in [3.8, 4) is 5.75 Å². The van der Waals surface area contributed by atoms with Gasteiger partial charge in [-0.15, -0.1) is 10.2 Å². The van der Waals surface area contributed by atoms with Gasteiger partial charge in [0.15, 0.2) is 11.6 Å². The molecule has 24 heteroatoms. The minimum atomic E-state index is -5.03. The Kier molecular flexibility index (Phi) is 10.3. The topological polar surface area (TPSA) is 308 Å². The third-order valence-corrected chi connectivity index (χ3v) is 9.11. The molecule has 0 spiro atoms. The van der Waals surface area contributed by atoms with Crippen molar-refractivity contribution < 1.29 is 58.3 Å². The van der Waals surface area contributed by atoms with E-state index >= 15 is 0 Å². The summed E-state index contributed by atoms with van der Waals surface area (Å²) in [6, 6.07) is 7.88. The standard InChI is InChI=1S/C25H19ClFN7O12S3/c1-11-20(26)23(30-25(27)28-11)29-17-9-13(48(41,42)43)10-18(21(17)35)32-34-22(15-4-2-3-5-19(15)49(44,45)46)33-31-16-8-12(47(38,39)40)6-7-14(16)24(36)37/h2-10,32,35H,1H3,(H,36,37)(H,28,29,30)(H,38,39,40)(H,41,42,43)(H,44,45,46)/b33-31?,34-22-. The number of aryl methyl sites for hydroxylation is 1. The number of carboxylic acids is 1. The fourth-order valence-electron chi connectivity index (χ4n) is 3.84. The second-order valence-electron chi connectivity index (χ2n) is 9.39. The third kappa shape index (κ3) is 8.65. The van der Waals surface area contributed by atoms with E-state index in [0.29, 0.717) is 18.2 Å². The maximum Gasteiger partial charge on any atom is 0.337 e. The molecule has 49 heavy (non-hydrogen) atoms. The summed E-state index contributed by atoms with van der Waals surface area (Å²) in [7, 11) is -14.9. The van der Waals surface area contributed by atoms with Gasteiger partial charge in [0.2, 0.25) is 5.84 Å². The number of aromatic carboxylic acids is 1. The Morgan fingerprint density at radius 3 is 2.10 bits per heavy atom. The first-order valence-corrected chi connectivity index (χ1v) is 17.3. The van der Waals surface area contributed by atoms with Crippen LogP contribution in [0.5, 0.6) is 5.75 Å². The van der Waals surface area contributed by atoms with E-state index in [2.05, 4.69) is 36.0 Å². The molecular weight excluding hydrogens is 741 g/mol. The number of benzene rings is 3. The predicted octanol–water partition coefficient (Wildman–Crippen LogP) is 4.02. The maximum atomic E-state index is 13.9. The van der Waals surface area contributed by atoms with Crippen LogP contribution in [0.2, 0.25) is 5.02 Å². The number of azo groups is 1. The first-order valence-electron chi connectivity index (χ1n) is 12.6. The lowest BCUT2D eigenvalue weighted by atomic mass is 10.2. The van der Waals surface area contributed by atoms with Gasteiger partial charge in [-0.2, -0.15) is 39.7 Å². The van der Waals surface area contributed by atoms with Crippen LogP contribution in [-0.4, -0.2) is 70.9 Å². The van der Waals surface area contributed by atoms with Gasteiger partial charge >= 0.3 is 12.0 Å². The number of phenols is 1. The number of aromatic nitrogens is 2. The summed E-state index contributed by atoms with van der Waals surface area (Å²) < 4.78 is 115. The molecule has 0 bridgehead atoms. The number of carbonyl (C=O) groups is 1. The molecule has 0 aliphatic rings. The summed E-state index contributed by atoms with van der Waals surface area (Å²) in [4.78, 5) is 16.1. The van der Waals surface area contributed by atoms with Crippen LogP contribution in [0, 0.1) is 13.0 Å². The lowest BCUT2D eigenvalue weighted by molar-refractivity contribution is 0.0697. The molecular formula is C25H19ClFN7O12S3. The molecule has 0 unspecified atom stereocenters. The van der Waals surface area contributed by atoms with Gasteiger partial charge in [-0.3, -0.25) is 19.1 Å². The number of carboxylic acid groups (broad SMARTS) is 1. The van der Waals surface area contributed by atoms with Gasteiger partial charge in [0.1, 0.15) is 21.3 Å². The first kappa shape index (κ1) is 36.7. The Hall–Kier alpha value is -5.17. The van der Waals surface area contributed by atoms with E-state index in [9.17, 15) is 58.3 Å². The number of nitrogens with one attached hydrogen (secondary N) is 2. The second-order valence-corrected chi connectivity index (χ2v) is 14.0. The molecule has 0 aliphatic carbocycles. The molecule has 7 N–H and O–H groups in total. The van der Waals surface area contributed by atoms with Crippen LogP contribution in [0.1, 0.15) is 21.6 Å². The number of anilines is 3. The molecule has 0 amide bonds. The average molecular weight is 760 g/mol.